The minimum atomic E-state index is -0.970. The number of ether oxygens (including phenoxy) is 1. The summed E-state index contributed by atoms with van der Waals surface area (Å²) >= 11 is 0. The second kappa shape index (κ2) is 5.13. The molecule has 1 heterocycles. The van der Waals surface area contributed by atoms with Crippen LogP contribution in [0.3, 0.4) is 0 Å². The van der Waals surface area contributed by atoms with Gasteiger partial charge >= 0.3 is 5.97 Å². The maximum atomic E-state index is 14.1. The van der Waals surface area contributed by atoms with Gasteiger partial charge in [0.2, 0.25) is 0 Å². The lowest BCUT2D eigenvalue weighted by Crippen LogP contribution is -2.09. The topological polar surface area (TPSA) is 26.3 Å². The van der Waals surface area contributed by atoms with Crippen LogP contribution in [0, 0.1) is 11.6 Å². The lowest BCUT2D eigenvalue weighted by molar-refractivity contribution is -0.139. The predicted octanol–water partition coefficient (Wildman–Crippen LogP) is 3.90. The highest BCUT2D eigenvalue weighted by Gasteiger charge is 2.42. The standard InChI is InChI=1S/C17H12F2O2/c1-10-14(12-8-5-9-13(18)15(12)19)16(21-17(10)20)11-6-3-2-4-7-11/h2-9,14,16H,1H2/t14-,16+/m0/s1. The molecule has 0 aliphatic carbocycles. The maximum absolute atomic E-state index is 14.1. The zero-order valence-electron chi connectivity index (χ0n) is 11.1. The molecule has 1 fully saturated rings. The number of hydrogen-bond acceptors (Lipinski definition) is 2. The smallest absolute Gasteiger partial charge is 0.334 e. The third kappa shape index (κ3) is 2.23. The van der Waals surface area contributed by atoms with Gasteiger partial charge in [-0.1, -0.05) is 49.0 Å². The Hall–Kier alpha value is -2.49. The molecule has 106 valence electrons. The van der Waals surface area contributed by atoms with Crippen molar-refractivity contribution in [1.82, 2.24) is 0 Å². The number of esters is 1. The van der Waals surface area contributed by atoms with Crippen LogP contribution in [-0.4, -0.2) is 5.97 Å². The molecule has 3 rings (SSSR count). The molecule has 2 aromatic rings. The monoisotopic (exact) mass is 286 g/mol. The minimum absolute atomic E-state index is 0.0831. The van der Waals surface area contributed by atoms with E-state index < -0.39 is 29.6 Å². The lowest BCUT2D eigenvalue weighted by atomic mass is 9.85. The zero-order chi connectivity index (χ0) is 15.0. The van der Waals surface area contributed by atoms with E-state index in [1.165, 1.54) is 12.1 Å². The molecule has 0 radical (unpaired) electrons. The Labute approximate surface area is 120 Å². The summed E-state index contributed by atoms with van der Waals surface area (Å²) < 4.78 is 32.8. The SMILES string of the molecule is C=C1C(=O)O[C@H](c2ccccc2)[C@@H]1c1cccc(F)c1F. The molecule has 0 saturated carbocycles. The van der Waals surface area contributed by atoms with Crippen molar-refractivity contribution in [3.8, 4) is 0 Å². The molecule has 0 aromatic heterocycles. The van der Waals surface area contributed by atoms with Gasteiger partial charge in [-0.15, -0.1) is 0 Å². The molecule has 2 atom stereocenters. The lowest BCUT2D eigenvalue weighted by Gasteiger charge is -2.19. The number of benzene rings is 2. The van der Waals surface area contributed by atoms with E-state index in [0.717, 1.165) is 11.6 Å². The summed E-state index contributed by atoms with van der Waals surface area (Å²) in [7, 11) is 0. The third-order valence-corrected chi connectivity index (χ3v) is 3.62. The van der Waals surface area contributed by atoms with Crippen LogP contribution in [-0.2, 0) is 9.53 Å². The van der Waals surface area contributed by atoms with E-state index in [1.807, 2.05) is 6.07 Å². The Morgan fingerprint density at radius 2 is 1.71 bits per heavy atom. The van der Waals surface area contributed by atoms with E-state index in [4.69, 9.17) is 4.74 Å². The first-order valence-electron chi connectivity index (χ1n) is 6.48. The average molecular weight is 286 g/mol. The van der Waals surface area contributed by atoms with Crippen molar-refractivity contribution in [3.05, 3.63) is 83.4 Å². The molecule has 0 bridgehead atoms. The number of carbonyl (C=O) groups excluding carboxylic acids is 1. The van der Waals surface area contributed by atoms with E-state index in [2.05, 4.69) is 6.58 Å². The van der Waals surface area contributed by atoms with Crippen LogP contribution in [0.4, 0.5) is 8.78 Å². The van der Waals surface area contributed by atoms with Crippen molar-refractivity contribution in [2.45, 2.75) is 12.0 Å². The maximum Gasteiger partial charge on any atom is 0.334 e. The zero-order valence-corrected chi connectivity index (χ0v) is 11.1. The Morgan fingerprint density at radius 3 is 2.43 bits per heavy atom. The van der Waals surface area contributed by atoms with Gasteiger partial charge in [0, 0.05) is 11.1 Å². The molecule has 0 unspecified atom stereocenters. The molecule has 1 saturated heterocycles. The molecule has 4 heteroatoms. The number of carbonyl (C=O) groups is 1. The van der Waals surface area contributed by atoms with E-state index >= 15 is 0 Å². The van der Waals surface area contributed by atoms with Gasteiger partial charge < -0.3 is 4.74 Å². The molecule has 1 aliphatic rings. The summed E-state index contributed by atoms with van der Waals surface area (Å²) in [5.41, 5.74) is 0.936. The highest BCUT2D eigenvalue weighted by molar-refractivity contribution is 5.92. The van der Waals surface area contributed by atoms with E-state index in [-0.39, 0.29) is 11.1 Å². The van der Waals surface area contributed by atoms with Gasteiger partial charge in [0.15, 0.2) is 11.6 Å². The second-order valence-corrected chi connectivity index (χ2v) is 4.88. The normalized spacial score (nSPS) is 21.4. The molecular weight excluding hydrogens is 274 g/mol. The van der Waals surface area contributed by atoms with Gasteiger partial charge in [0.25, 0.3) is 0 Å². The Morgan fingerprint density at radius 1 is 1.00 bits per heavy atom. The quantitative estimate of drug-likeness (QED) is 0.618. The van der Waals surface area contributed by atoms with Gasteiger partial charge in [0.05, 0.1) is 5.92 Å². The number of halogens is 2. The van der Waals surface area contributed by atoms with Crippen LogP contribution in [0.1, 0.15) is 23.1 Å². The molecule has 0 N–H and O–H groups in total. The van der Waals surface area contributed by atoms with Crippen molar-refractivity contribution >= 4 is 5.97 Å². The highest BCUT2D eigenvalue weighted by Crippen LogP contribution is 2.45. The van der Waals surface area contributed by atoms with Crippen molar-refractivity contribution in [2.75, 3.05) is 0 Å². The Balaban J connectivity index is 2.11. The van der Waals surface area contributed by atoms with E-state index in [1.54, 1.807) is 24.3 Å². The van der Waals surface area contributed by atoms with Crippen LogP contribution in [0.2, 0.25) is 0 Å². The van der Waals surface area contributed by atoms with Gasteiger partial charge in [-0.05, 0) is 11.6 Å². The Kier molecular flexibility index (Phi) is 3.29. The summed E-state index contributed by atoms with van der Waals surface area (Å²) in [6.45, 7) is 3.68. The van der Waals surface area contributed by atoms with Gasteiger partial charge in [-0.3, -0.25) is 0 Å². The fourth-order valence-electron chi connectivity index (χ4n) is 2.58. The molecule has 2 nitrogen and oxygen atoms in total. The fraction of sp³-hybridized carbons (Fsp3) is 0.118. The van der Waals surface area contributed by atoms with Gasteiger partial charge in [-0.25, -0.2) is 13.6 Å². The molecule has 2 aromatic carbocycles. The van der Waals surface area contributed by atoms with Crippen molar-refractivity contribution in [3.63, 3.8) is 0 Å². The third-order valence-electron chi connectivity index (χ3n) is 3.62. The van der Waals surface area contributed by atoms with Crippen molar-refractivity contribution in [1.29, 1.82) is 0 Å². The summed E-state index contributed by atoms with van der Waals surface area (Å²) in [5, 5.41) is 0. The van der Waals surface area contributed by atoms with Crippen LogP contribution in [0.5, 0.6) is 0 Å². The molecule has 21 heavy (non-hydrogen) atoms. The minimum Gasteiger partial charge on any atom is -0.453 e. The Bertz CT molecular complexity index is 710. The van der Waals surface area contributed by atoms with Crippen LogP contribution >= 0.6 is 0 Å². The van der Waals surface area contributed by atoms with E-state index in [0.29, 0.717) is 0 Å². The van der Waals surface area contributed by atoms with Gasteiger partial charge in [-0.2, -0.15) is 0 Å². The van der Waals surface area contributed by atoms with E-state index in [9.17, 15) is 13.6 Å². The number of cyclic esters (lactones) is 1. The summed E-state index contributed by atoms with van der Waals surface area (Å²) in [4.78, 5) is 11.8. The fourth-order valence-corrected chi connectivity index (χ4v) is 2.58. The van der Waals surface area contributed by atoms with Crippen molar-refractivity contribution in [2.24, 2.45) is 0 Å². The summed E-state index contributed by atoms with van der Waals surface area (Å²) in [5.74, 6) is -3.23. The second-order valence-electron chi connectivity index (χ2n) is 4.88. The molecule has 1 aliphatic heterocycles. The van der Waals surface area contributed by atoms with Crippen LogP contribution in [0.25, 0.3) is 0 Å². The van der Waals surface area contributed by atoms with Crippen LogP contribution < -0.4 is 0 Å². The van der Waals surface area contributed by atoms with Crippen molar-refractivity contribution < 1.29 is 18.3 Å². The predicted molar refractivity (Wildman–Crippen MR) is 73.5 cm³/mol. The number of rotatable bonds is 2. The van der Waals surface area contributed by atoms with Crippen LogP contribution in [0.15, 0.2) is 60.7 Å². The first-order valence-corrected chi connectivity index (χ1v) is 6.48. The molecular formula is C17H12F2O2. The van der Waals surface area contributed by atoms with Gasteiger partial charge in [0.1, 0.15) is 6.10 Å². The molecule has 0 spiro atoms. The highest BCUT2D eigenvalue weighted by atomic mass is 19.2. The summed E-state index contributed by atoms with van der Waals surface area (Å²) in [6, 6.07) is 12.9. The first-order chi connectivity index (χ1) is 10.1. The molecule has 0 amide bonds. The largest absolute Gasteiger partial charge is 0.453 e. The number of hydrogen-bond donors (Lipinski definition) is 0. The first kappa shape index (κ1) is 13.5. The average Bonchev–Trinajstić information content (AvgIpc) is 2.79. The summed E-state index contributed by atoms with van der Waals surface area (Å²) in [6.07, 6.45) is -0.692.